The molecule has 31 heavy (non-hydrogen) atoms. The van der Waals surface area contributed by atoms with E-state index in [4.69, 9.17) is 27.9 Å². The molecule has 0 heterocycles. The number of ether oxygens (including phenoxy) is 1. The van der Waals surface area contributed by atoms with Crippen molar-refractivity contribution in [1.82, 2.24) is 10.2 Å². The van der Waals surface area contributed by atoms with Crippen molar-refractivity contribution in [3.8, 4) is 5.75 Å². The lowest BCUT2D eigenvalue weighted by Crippen LogP contribution is -2.53. The summed E-state index contributed by atoms with van der Waals surface area (Å²) in [6.45, 7) is 11.3. The molecule has 0 bridgehead atoms. The van der Waals surface area contributed by atoms with Gasteiger partial charge in [0.1, 0.15) is 11.8 Å². The van der Waals surface area contributed by atoms with Gasteiger partial charge in [-0.1, -0.05) is 35.3 Å². The lowest BCUT2D eigenvalue weighted by molar-refractivity contribution is -0.142. The van der Waals surface area contributed by atoms with Crippen LogP contribution in [0.25, 0.3) is 0 Å². The highest BCUT2D eigenvalue weighted by Crippen LogP contribution is 2.24. The molecule has 5 nitrogen and oxygen atoms in total. The predicted octanol–water partition coefficient (Wildman–Crippen LogP) is 5.32. The number of hydrogen-bond acceptors (Lipinski definition) is 3. The van der Waals surface area contributed by atoms with Crippen LogP contribution in [0.5, 0.6) is 5.75 Å². The van der Waals surface area contributed by atoms with Gasteiger partial charge in [-0.25, -0.2) is 0 Å². The van der Waals surface area contributed by atoms with E-state index in [0.29, 0.717) is 21.4 Å². The van der Waals surface area contributed by atoms with E-state index < -0.39 is 11.6 Å². The molecule has 0 aliphatic carbocycles. The normalized spacial score (nSPS) is 12.3. The van der Waals surface area contributed by atoms with Crippen molar-refractivity contribution in [2.45, 2.75) is 59.7 Å². The van der Waals surface area contributed by atoms with E-state index in [9.17, 15) is 9.59 Å². The third-order valence-electron chi connectivity index (χ3n) is 4.86. The first-order valence-corrected chi connectivity index (χ1v) is 10.9. The van der Waals surface area contributed by atoms with Gasteiger partial charge in [0.05, 0.1) is 0 Å². The van der Waals surface area contributed by atoms with Crippen LogP contribution in [0.3, 0.4) is 0 Å². The fraction of sp³-hybridized carbons (Fsp3) is 0.417. The summed E-state index contributed by atoms with van der Waals surface area (Å²) in [6.07, 6.45) is 0. The maximum Gasteiger partial charge on any atom is 0.261 e. The lowest BCUT2D eigenvalue weighted by atomic mass is 10.1. The monoisotopic (exact) mass is 464 g/mol. The minimum absolute atomic E-state index is 0.157. The Morgan fingerprint density at radius 3 is 2.32 bits per heavy atom. The number of nitrogens with zero attached hydrogens (tertiary/aromatic N) is 1. The Hall–Kier alpha value is -2.24. The van der Waals surface area contributed by atoms with Crippen LogP contribution in [-0.2, 0) is 16.1 Å². The number of hydrogen-bond donors (Lipinski definition) is 1. The molecule has 0 spiro atoms. The Balaban J connectivity index is 2.23. The standard InChI is InChI=1S/C24H30Cl2N2O3/c1-15-7-10-20(11-16(15)2)31-14-22(29)28(17(3)23(30)27-24(4,5)6)13-18-8-9-19(25)12-21(18)26/h7-12,17H,13-14H2,1-6H3,(H,27,30)/t17-/m0/s1. The van der Waals surface area contributed by atoms with Crippen molar-refractivity contribution >= 4 is 35.0 Å². The maximum atomic E-state index is 13.1. The van der Waals surface area contributed by atoms with Gasteiger partial charge in [-0.05, 0) is 82.5 Å². The van der Waals surface area contributed by atoms with E-state index in [1.165, 1.54) is 4.90 Å². The van der Waals surface area contributed by atoms with Crippen LogP contribution in [0, 0.1) is 13.8 Å². The van der Waals surface area contributed by atoms with Gasteiger partial charge in [0, 0.05) is 22.1 Å². The SMILES string of the molecule is Cc1ccc(OCC(=O)N(Cc2ccc(Cl)cc2Cl)[C@@H](C)C(=O)NC(C)(C)C)cc1C. The van der Waals surface area contributed by atoms with Crippen LogP contribution in [0.2, 0.25) is 10.0 Å². The molecule has 168 valence electrons. The maximum absolute atomic E-state index is 13.1. The number of aryl methyl sites for hydroxylation is 2. The zero-order valence-corrected chi connectivity index (χ0v) is 20.4. The van der Waals surface area contributed by atoms with E-state index in [-0.39, 0.29) is 25.0 Å². The van der Waals surface area contributed by atoms with Gasteiger partial charge in [0.2, 0.25) is 5.91 Å². The summed E-state index contributed by atoms with van der Waals surface area (Å²) in [6, 6.07) is 10.0. The first-order chi connectivity index (χ1) is 14.4. The van der Waals surface area contributed by atoms with Gasteiger partial charge in [-0.3, -0.25) is 9.59 Å². The summed E-state index contributed by atoms with van der Waals surface area (Å²) in [4.78, 5) is 27.4. The van der Waals surface area contributed by atoms with Crippen molar-refractivity contribution in [1.29, 1.82) is 0 Å². The fourth-order valence-corrected chi connectivity index (χ4v) is 3.39. The van der Waals surface area contributed by atoms with Gasteiger partial charge in [-0.2, -0.15) is 0 Å². The van der Waals surface area contributed by atoms with E-state index in [1.807, 2.05) is 52.8 Å². The molecule has 0 radical (unpaired) electrons. The summed E-state index contributed by atoms with van der Waals surface area (Å²) in [5.41, 5.74) is 2.49. The minimum Gasteiger partial charge on any atom is -0.484 e. The number of carbonyl (C=O) groups is 2. The topological polar surface area (TPSA) is 58.6 Å². The summed E-state index contributed by atoms with van der Waals surface area (Å²) < 4.78 is 5.73. The predicted molar refractivity (Wildman–Crippen MR) is 126 cm³/mol. The largest absolute Gasteiger partial charge is 0.484 e. The molecule has 7 heteroatoms. The number of benzene rings is 2. The third-order valence-corrected chi connectivity index (χ3v) is 5.45. The van der Waals surface area contributed by atoms with Gasteiger partial charge < -0.3 is 15.0 Å². The van der Waals surface area contributed by atoms with Crippen molar-refractivity contribution < 1.29 is 14.3 Å². The number of amides is 2. The van der Waals surface area contributed by atoms with Crippen LogP contribution >= 0.6 is 23.2 Å². The molecule has 2 aromatic carbocycles. The van der Waals surface area contributed by atoms with Gasteiger partial charge in [0.25, 0.3) is 5.91 Å². The average Bonchev–Trinajstić information content (AvgIpc) is 2.66. The highest BCUT2D eigenvalue weighted by Gasteiger charge is 2.29. The molecule has 2 amide bonds. The van der Waals surface area contributed by atoms with Gasteiger partial charge >= 0.3 is 0 Å². The second-order valence-corrected chi connectivity index (χ2v) is 9.55. The molecule has 0 aliphatic rings. The molecule has 0 aromatic heterocycles. The quantitative estimate of drug-likeness (QED) is 0.602. The molecule has 0 saturated carbocycles. The van der Waals surface area contributed by atoms with Gasteiger partial charge in [0.15, 0.2) is 6.61 Å². The van der Waals surface area contributed by atoms with E-state index in [1.54, 1.807) is 25.1 Å². The molecule has 1 atom stereocenters. The Bertz CT molecular complexity index is 954. The molecule has 0 fully saturated rings. The van der Waals surface area contributed by atoms with E-state index >= 15 is 0 Å². The molecule has 2 aromatic rings. The Morgan fingerprint density at radius 1 is 1.06 bits per heavy atom. The smallest absolute Gasteiger partial charge is 0.261 e. The first kappa shape index (κ1) is 25.0. The average molecular weight is 465 g/mol. The summed E-state index contributed by atoms with van der Waals surface area (Å²) in [5, 5.41) is 3.86. The first-order valence-electron chi connectivity index (χ1n) is 10.1. The van der Waals surface area contributed by atoms with Crippen LogP contribution in [0.15, 0.2) is 36.4 Å². The van der Waals surface area contributed by atoms with Crippen molar-refractivity contribution in [3.63, 3.8) is 0 Å². The molecule has 0 saturated heterocycles. The Morgan fingerprint density at radius 2 is 1.74 bits per heavy atom. The van der Waals surface area contributed by atoms with Crippen LogP contribution in [-0.4, -0.2) is 34.9 Å². The molecular weight excluding hydrogens is 435 g/mol. The highest BCUT2D eigenvalue weighted by molar-refractivity contribution is 6.35. The zero-order valence-electron chi connectivity index (χ0n) is 18.9. The third kappa shape index (κ3) is 7.44. The van der Waals surface area contributed by atoms with E-state index in [0.717, 1.165) is 11.1 Å². The summed E-state index contributed by atoms with van der Waals surface area (Å²) in [5.74, 6) is 0.0330. The summed E-state index contributed by atoms with van der Waals surface area (Å²) >= 11 is 12.3. The van der Waals surface area contributed by atoms with Crippen LogP contribution < -0.4 is 10.1 Å². The molecular formula is C24H30Cl2N2O3. The molecule has 0 unspecified atom stereocenters. The molecule has 2 rings (SSSR count). The number of halogens is 2. The van der Waals surface area contributed by atoms with Crippen molar-refractivity contribution in [3.05, 3.63) is 63.1 Å². The van der Waals surface area contributed by atoms with Crippen molar-refractivity contribution in [2.24, 2.45) is 0 Å². The Kier molecular flexibility index (Phi) is 8.38. The lowest BCUT2D eigenvalue weighted by Gasteiger charge is -2.31. The number of carbonyl (C=O) groups excluding carboxylic acids is 2. The van der Waals surface area contributed by atoms with E-state index in [2.05, 4.69) is 5.32 Å². The van der Waals surface area contributed by atoms with Crippen LogP contribution in [0.4, 0.5) is 0 Å². The highest BCUT2D eigenvalue weighted by atomic mass is 35.5. The van der Waals surface area contributed by atoms with Crippen molar-refractivity contribution in [2.75, 3.05) is 6.61 Å². The number of rotatable bonds is 7. The van der Waals surface area contributed by atoms with Crippen LogP contribution in [0.1, 0.15) is 44.4 Å². The minimum atomic E-state index is -0.721. The second-order valence-electron chi connectivity index (χ2n) is 8.71. The Labute approximate surface area is 194 Å². The zero-order chi connectivity index (χ0) is 23.3. The summed E-state index contributed by atoms with van der Waals surface area (Å²) in [7, 11) is 0. The second kappa shape index (κ2) is 10.4. The molecule has 1 N–H and O–H groups in total. The fourth-order valence-electron chi connectivity index (χ4n) is 2.92. The molecule has 0 aliphatic heterocycles. The number of nitrogens with one attached hydrogen (secondary N) is 1. The van der Waals surface area contributed by atoms with Gasteiger partial charge in [-0.15, -0.1) is 0 Å².